The lowest BCUT2D eigenvalue weighted by Crippen LogP contribution is -2.27. The maximum atomic E-state index is 11.8. The molecule has 0 saturated heterocycles. The summed E-state index contributed by atoms with van der Waals surface area (Å²) in [6.07, 6.45) is 2.56. The second-order valence-corrected chi connectivity index (χ2v) is 5.28. The van der Waals surface area contributed by atoms with Crippen LogP contribution in [0.2, 0.25) is 0 Å². The van der Waals surface area contributed by atoms with Crippen LogP contribution in [0.25, 0.3) is 10.9 Å². The molecule has 1 aromatic carbocycles. The smallest absolute Gasteiger partial charge is 0.311 e. The molecule has 4 heteroatoms. The summed E-state index contributed by atoms with van der Waals surface area (Å²) in [7, 11) is 3.06. The predicted octanol–water partition coefficient (Wildman–Crippen LogP) is 2.92. The molecule has 0 bridgehead atoms. The average molecular weight is 261 g/mol. The average Bonchev–Trinajstić information content (AvgIpc) is 2.79. The standard InChI is InChI=1S/C15H19NO3/c1-15(2,14(17)19-4)8-10-9-16-13-6-5-11(18-3)7-12(10)13/h5-7,9,16H,8H2,1-4H3. The van der Waals surface area contributed by atoms with Gasteiger partial charge in [0, 0.05) is 17.1 Å². The van der Waals surface area contributed by atoms with Crippen molar-refractivity contribution in [1.29, 1.82) is 0 Å². The number of carbonyl (C=O) groups is 1. The Morgan fingerprint density at radius 1 is 1.32 bits per heavy atom. The Hall–Kier alpha value is -1.97. The molecule has 0 radical (unpaired) electrons. The number of methoxy groups -OCH3 is 2. The van der Waals surface area contributed by atoms with Gasteiger partial charge in [-0.15, -0.1) is 0 Å². The van der Waals surface area contributed by atoms with Gasteiger partial charge in [-0.05, 0) is 44.0 Å². The number of fused-ring (bicyclic) bond motifs is 1. The van der Waals surface area contributed by atoms with Gasteiger partial charge in [-0.25, -0.2) is 0 Å². The van der Waals surface area contributed by atoms with Crippen LogP contribution < -0.4 is 4.74 Å². The van der Waals surface area contributed by atoms with Gasteiger partial charge in [0.15, 0.2) is 0 Å². The lowest BCUT2D eigenvalue weighted by molar-refractivity contribution is -0.150. The Morgan fingerprint density at radius 2 is 2.05 bits per heavy atom. The quantitative estimate of drug-likeness (QED) is 0.861. The number of hydrogen-bond acceptors (Lipinski definition) is 3. The van der Waals surface area contributed by atoms with E-state index in [4.69, 9.17) is 9.47 Å². The number of aromatic amines is 1. The van der Waals surface area contributed by atoms with Gasteiger partial charge >= 0.3 is 5.97 Å². The molecule has 0 atom stereocenters. The molecule has 1 aromatic heterocycles. The minimum absolute atomic E-state index is 0.204. The molecule has 2 rings (SSSR count). The van der Waals surface area contributed by atoms with Crippen molar-refractivity contribution in [1.82, 2.24) is 4.98 Å². The minimum Gasteiger partial charge on any atom is -0.497 e. The first-order chi connectivity index (χ1) is 8.97. The predicted molar refractivity (Wildman–Crippen MR) is 74.4 cm³/mol. The minimum atomic E-state index is -0.549. The van der Waals surface area contributed by atoms with Gasteiger partial charge in [-0.1, -0.05) is 0 Å². The second kappa shape index (κ2) is 4.96. The molecular formula is C15H19NO3. The van der Waals surface area contributed by atoms with Crippen molar-refractivity contribution < 1.29 is 14.3 Å². The van der Waals surface area contributed by atoms with Crippen LogP contribution in [0.1, 0.15) is 19.4 Å². The fraction of sp³-hybridized carbons (Fsp3) is 0.400. The van der Waals surface area contributed by atoms with E-state index < -0.39 is 5.41 Å². The summed E-state index contributed by atoms with van der Waals surface area (Å²) < 4.78 is 10.1. The number of H-pyrrole nitrogens is 1. The Labute approximate surface area is 112 Å². The van der Waals surface area contributed by atoms with Crippen molar-refractivity contribution in [2.45, 2.75) is 20.3 Å². The van der Waals surface area contributed by atoms with Crippen LogP contribution in [0.3, 0.4) is 0 Å². The summed E-state index contributed by atoms with van der Waals surface area (Å²) in [6, 6.07) is 5.87. The summed E-state index contributed by atoms with van der Waals surface area (Å²) in [5.41, 5.74) is 1.58. The lowest BCUT2D eigenvalue weighted by atomic mass is 9.86. The molecule has 0 amide bonds. The van der Waals surface area contributed by atoms with Crippen molar-refractivity contribution in [3.63, 3.8) is 0 Å². The van der Waals surface area contributed by atoms with Crippen molar-refractivity contribution in [3.05, 3.63) is 30.0 Å². The maximum absolute atomic E-state index is 11.8. The van der Waals surface area contributed by atoms with Crippen molar-refractivity contribution in [3.8, 4) is 5.75 Å². The topological polar surface area (TPSA) is 51.3 Å². The molecule has 4 nitrogen and oxygen atoms in total. The van der Waals surface area contributed by atoms with Crippen molar-refractivity contribution in [2.24, 2.45) is 5.41 Å². The first kappa shape index (κ1) is 13.5. The summed E-state index contributed by atoms with van der Waals surface area (Å²) in [5.74, 6) is 0.606. The highest BCUT2D eigenvalue weighted by molar-refractivity contribution is 5.86. The Kier molecular flexibility index (Phi) is 3.51. The zero-order valence-electron chi connectivity index (χ0n) is 11.7. The highest BCUT2D eigenvalue weighted by Crippen LogP contribution is 2.30. The van der Waals surface area contributed by atoms with Crippen LogP contribution in [0, 0.1) is 5.41 Å². The zero-order valence-corrected chi connectivity index (χ0v) is 11.7. The van der Waals surface area contributed by atoms with E-state index in [1.54, 1.807) is 7.11 Å². The van der Waals surface area contributed by atoms with E-state index in [9.17, 15) is 4.79 Å². The summed E-state index contributed by atoms with van der Waals surface area (Å²) in [4.78, 5) is 15.0. The number of hydrogen-bond donors (Lipinski definition) is 1. The molecule has 0 spiro atoms. The van der Waals surface area contributed by atoms with E-state index >= 15 is 0 Å². The van der Waals surface area contributed by atoms with Crippen molar-refractivity contribution >= 4 is 16.9 Å². The SMILES string of the molecule is COC(=O)C(C)(C)Cc1c[nH]c2ccc(OC)cc12. The molecular weight excluding hydrogens is 242 g/mol. The van der Waals surface area contributed by atoms with Gasteiger partial charge in [0.2, 0.25) is 0 Å². The number of benzene rings is 1. The molecule has 1 N–H and O–H groups in total. The molecule has 2 aromatic rings. The monoisotopic (exact) mass is 261 g/mol. The molecule has 0 fully saturated rings. The van der Waals surface area contributed by atoms with E-state index in [1.807, 2.05) is 38.2 Å². The normalized spacial score (nSPS) is 11.6. The molecule has 0 aliphatic carbocycles. The number of aromatic nitrogens is 1. The van der Waals surface area contributed by atoms with E-state index in [1.165, 1.54) is 7.11 Å². The number of nitrogens with one attached hydrogen (secondary N) is 1. The van der Waals surface area contributed by atoms with E-state index in [-0.39, 0.29) is 5.97 Å². The third kappa shape index (κ3) is 2.57. The van der Waals surface area contributed by atoms with Gasteiger partial charge in [0.05, 0.1) is 19.6 Å². The fourth-order valence-electron chi connectivity index (χ4n) is 2.26. The fourth-order valence-corrected chi connectivity index (χ4v) is 2.26. The molecule has 1 heterocycles. The summed E-state index contributed by atoms with van der Waals surface area (Å²) >= 11 is 0. The van der Waals surface area contributed by atoms with Crippen molar-refractivity contribution in [2.75, 3.05) is 14.2 Å². The molecule has 19 heavy (non-hydrogen) atoms. The number of ether oxygens (including phenoxy) is 2. The third-order valence-electron chi connectivity index (χ3n) is 3.34. The summed E-state index contributed by atoms with van der Waals surface area (Å²) in [5, 5.41) is 1.08. The molecule has 0 saturated carbocycles. The summed E-state index contributed by atoms with van der Waals surface area (Å²) in [6.45, 7) is 3.77. The van der Waals surface area contributed by atoms with Crippen LogP contribution in [0.4, 0.5) is 0 Å². The molecule has 0 aliphatic heterocycles. The third-order valence-corrected chi connectivity index (χ3v) is 3.34. The van der Waals surface area contributed by atoms with Gasteiger partial charge < -0.3 is 14.5 Å². The van der Waals surface area contributed by atoms with Gasteiger partial charge in [-0.3, -0.25) is 4.79 Å². The number of carbonyl (C=O) groups excluding carboxylic acids is 1. The van der Waals surface area contributed by atoms with Crippen LogP contribution >= 0.6 is 0 Å². The maximum Gasteiger partial charge on any atom is 0.311 e. The molecule has 0 aliphatic rings. The number of esters is 1. The van der Waals surface area contributed by atoms with Crippen LogP contribution in [-0.2, 0) is 16.0 Å². The largest absolute Gasteiger partial charge is 0.497 e. The van der Waals surface area contributed by atoms with E-state index in [0.717, 1.165) is 22.2 Å². The van der Waals surface area contributed by atoms with Gasteiger partial charge in [-0.2, -0.15) is 0 Å². The van der Waals surface area contributed by atoms with Gasteiger partial charge in [0.25, 0.3) is 0 Å². The zero-order chi connectivity index (χ0) is 14.0. The highest BCUT2D eigenvalue weighted by atomic mass is 16.5. The first-order valence-corrected chi connectivity index (χ1v) is 6.20. The van der Waals surface area contributed by atoms with Crippen LogP contribution in [-0.4, -0.2) is 25.2 Å². The molecule has 102 valence electrons. The van der Waals surface area contributed by atoms with Crippen LogP contribution in [0.15, 0.2) is 24.4 Å². The Morgan fingerprint density at radius 3 is 2.68 bits per heavy atom. The lowest BCUT2D eigenvalue weighted by Gasteiger charge is -2.20. The van der Waals surface area contributed by atoms with Gasteiger partial charge in [0.1, 0.15) is 5.75 Å². The Bertz CT molecular complexity index is 598. The first-order valence-electron chi connectivity index (χ1n) is 6.20. The Balaban J connectivity index is 2.38. The van der Waals surface area contributed by atoms with E-state index in [0.29, 0.717) is 6.42 Å². The second-order valence-electron chi connectivity index (χ2n) is 5.28. The van der Waals surface area contributed by atoms with Crippen LogP contribution in [0.5, 0.6) is 5.75 Å². The highest BCUT2D eigenvalue weighted by Gasteiger charge is 2.29. The van der Waals surface area contributed by atoms with E-state index in [2.05, 4.69) is 4.98 Å². The number of rotatable bonds is 4. The molecule has 0 unspecified atom stereocenters.